The number of piperazine rings is 1. The van der Waals surface area contributed by atoms with E-state index in [0.29, 0.717) is 24.0 Å². The van der Waals surface area contributed by atoms with E-state index in [4.69, 9.17) is 0 Å². The van der Waals surface area contributed by atoms with E-state index in [-0.39, 0.29) is 0 Å². The second-order valence-corrected chi connectivity index (χ2v) is 9.06. The van der Waals surface area contributed by atoms with Crippen LogP contribution in [-0.4, -0.2) is 49.8 Å². The molecule has 0 aromatic heterocycles. The summed E-state index contributed by atoms with van der Waals surface area (Å²) in [6, 6.07) is 18.0. The van der Waals surface area contributed by atoms with E-state index in [1.807, 2.05) is 48.5 Å². The first-order valence-corrected chi connectivity index (χ1v) is 10.6. The predicted octanol–water partition coefficient (Wildman–Crippen LogP) is 3.71. The molecule has 0 saturated carbocycles. The van der Waals surface area contributed by atoms with Crippen molar-refractivity contribution in [1.82, 2.24) is 9.21 Å². The molecular weight excluding hydrogens is 344 g/mol. The van der Waals surface area contributed by atoms with E-state index in [2.05, 4.69) is 24.8 Å². The highest BCUT2D eigenvalue weighted by Gasteiger charge is 2.31. The Labute approximate surface area is 155 Å². The molecule has 1 fully saturated rings. The minimum absolute atomic E-state index is 0.443. The van der Waals surface area contributed by atoms with Crippen molar-refractivity contribution < 1.29 is 8.42 Å². The van der Waals surface area contributed by atoms with E-state index in [0.717, 1.165) is 34.6 Å². The van der Waals surface area contributed by atoms with E-state index in [1.165, 1.54) is 0 Å². The molecule has 0 spiro atoms. The molecule has 26 heavy (non-hydrogen) atoms. The fourth-order valence-corrected chi connectivity index (χ4v) is 5.67. The molecule has 0 aliphatic carbocycles. The van der Waals surface area contributed by atoms with Crippen molar-refractivity contribution in [2.75, 3.05) is 26.2 Å². The van der Waals surface area contributed by atoms with Gasteiger partial charge in [-0.1, -0.05) is 48.5 Å². The Morgan fingerprint density at radius 3 is 1.81 bits per heavy atom. The third-order valence-corrected chi connectivity index (χ3v) is 7.32. The first-order valence-electron chi connectivity index (χ1n) is 9.13. The molecule has 1 heterocycles. The Balaban J connectivity index is 1.86. The maximum atomic E-state index is 13.6. The van der Waals surface area contributed by atoms with Gasteiger partial charge in [-0.05, 0) is 30.7 Å². The van der Waals surface area contributed by atoms with Gasteiger partial charge in [0, 0.05) is 43.0 Å². The Morgan fingerprint density at radius 2 is 1.31 bits per heavy atom. The number of fused-ring (bicyclic) bond motifs is 2. The SMILES string of the molecule is CC(C)N1CCN(S(=O)(=O)c2c3ccccc3cc3ccccc23)CC1. The van der Waals surface area contributed by atoms with E-state index >= 15 is 0 Å². The molecule has 1 aliphatic heterocycles. The van der Waals surface area contributed by atoms with Crippen LogP contribution in [0.3, 0.4) is 0 Å². The Hall–Kier alpha value is -1.95. The Morgan fingerprint density at radius 1 is 0.808 bits per heavy atom. The lowest BCUT2D eigenvalue weighted by molar-refractivity contribution is 0.154. The average molecular weight is 369 g/mol. The van der Waals surface area contributed by atoms with Crippen LogP contribution in [0, 0.1) is 0 Å². The summed E-state index contributed by atoms with van der Waals surface area (Å²) in [6.45, 7) is 6.94. The lowest BCUT2D eigenvalue weighted by Crippen LogP contribution is -2.50. The van der Waals surface area contributed by atoms with Gasteiger partial charge in [0.25, 0.3) is 0 Å². The third kappa shape index (κ3) is 2.90. The average Bonchev–Trinajstić information content (AvgIpc) is 2.66. The second-order valence-electron chi connectivity index (χ2n) is 7.18. The maximum absolute atomic E-state index is 13.6. The summed E-state index contributed by atoms with van der Waals surface area (Å²) < 4.78 is 28.9. The quantitative estimate of drug-likeness (QED) is 0.662. The van der Waals surface area contributed by atoms with Crippen molar-refractivity contribution >= 4 is 31.6 Å². The van der Waals surface area contributed by atoms with Gasteiger partial charge in [0.1, 0.15) is 0 Å². The fraction of sp³-hybridized carbons (Fsp3) is 0.333. The number of hydrogen-bond donors (Lipinski definition) is 0. The van der Waals surface area contributed by atoms with Crippen molar-refractivity contribution in [2.45, 2.75) is 24.8 Å². The zero-order valence-electron chi connectivity index (χ0n) is 15.2. The van der Waals surface area contributed by atoms with Crippen LogP contribution < -0.4 is 0 Å². The van der Waals surface area contributed by atoms with Crippen LogP contribution in [-0.2, 0) is 10.0 Å². The van der Waals surface area contributed by atoms with Crippen LogP contribution in [0.15, 0.2) is 59.5 Å². The van der Waals surface area contributed by atoms with Crippen LogP contribution in [0.25, 0.3) is 21.5 Å². The summed E-state index contributed by atoms with van der Waals surface area (Å²) in [5.41, 5.74) is 0. The first-order chi connectivity index (χ1) is 12.5. The van der Waals surface area contributed by atoms with Gasteiger partial charge >= 0.3 is 0 Å². The topological polar surface area (TPSA) is 40.6 Å². The molecule has 0 N–H and O–H groups in total. The number of nitrogens with zero attached hydrogens (tertiary/aromatic N) is 2. The zero-order chi connectivity index (χ0) is 18.3. The van der Waals surface area contributed by atoms with Crippen molar-refractivity contribution in [1.29, 1.82) is 0 Å². The van der Waals surface area contributed by atoms with E-state index < -0.39 is 10.0 Å². The Kier molecular flexibility index (Phi) is 4.47. The molecular formula is C21H24N2O2S. The molecule has 0 bridgehead atoms. The molecule has 0 unspecified atom stereocenters. The van der Waals surface area contributed by atoms with E-state index in [9.17, 15) is 8.42 Å². The summed E-state index contributed by atoms with van der Waals surface area (Å²) in [4.78, 5) is 2.77. The van der Waals surface area contributed by atoms with Crippen LogP contribution in [0.4, 0.5) is 0 Å². The predicted molar refractivity (Wildman–Crippen MR) is 107 cm³/mol. The second kappa shape index (κ2) is 6.65. The molecule has 5 heteroatoms. The minimum Gasteiger partial charge on any atom is -0.298 e. The molecule has 0 atom stereocenters. The summed E-state index contributed by atoms with van der Waals surface area (Å²) >= 11 is 0. The van der Waals surface area contributed by atoms with Gasteiger partial charge in [-0.25, -0.2) is 8.42 Å². The van der Waals surface area contributed by atoms with Gasteiger partial charge in [-0.15, -0.1) is 0 Å². The molecule has 3 aromatic carbocycles. The molecule has 0 radical (unpaired) electrons. The number of rotatable bonds is 3. The van der Waals surface area contributed by atoms with Crippen molar-refractivity contribution in [3.63, 3.8) is 0 Å². The van der Waals surface area contributed by atoms with Crippen LogP contribution in [0.2, 0.25) is 0 Å². The minimum atomic E-state index is -3.56. The van der Waals surface area contributed by atoms with Gasteiger partial charge < -0.3 is 0 Å². The van der Waals surface area contributed by atoms with Gasteiger partial charge in [0.05, 0.1) is 4.90 Å². The number of sulfonamides is 1. The summed E-state index contributed by atoms with van der Waals surface area (Å²) in [6.07, 6.45) is 0. The number of hydrogen-bond acceptors (Lipinski definition) is 3. The first kappa shape index (κ1) is 17.5. The van der Waals surface area contributed by atoms with Crippen molar-refractivity contribution in [2.24, 2.45) is 0 Å². The molecule has 0 amide bonds. The van der Waals surface area contributed by atoms with Crippen molar-refractivity contribution in [3.8, 4) is 0 Å². The van der Waals surface area contributed by atoms with Gasteiger partial charge in [0.15, 0.2) is 0 Å². The highest BCUT2D eigenvalue weighted by molar-refractivity contribution is 7.89. The largest absolute Gasteiger partial charge is 0.298 e. The highest BCUT2D eigenvalue weighted by atomic mass is 32.2. The number of benzene rings is 3. The standard InChI is InChI=1S/C21H24N2O2S/c1-16(2)22-11-13-23(14-12-22)26(24,25)21-19-9-5-3-7-17(19)15-18-8-4-6-10-20(18)21/h3-10,15-16H,11-14H2,1-2H3. The van der Waals surface area contributed by atoms with Crippen LogP contribution in [0.5, 0.6) is 0 Å². The molecule has 4 nitrogen and oxygen atoms in total. The maximum Gasteiger partial charge on any atom is 0.244 e. The molecule has 136 valence electrons. The summed E-state index contributed by atoms with van der Waals surface area (Å²) in [7, 11) is -3.56. The fourth-order valence-electron chi connectivity index (χ4n) is 3.84. The zero-order valence-corrected chi connectivity index (χ0v) is 16.0. The summed E-state index contributed by atoms with van der Waals surface area (Å²) in [5.74, 6) is 0. The molecule has 3 aromatic rings. The molecule has 4 rings (SSSR count). The third-order valence-electron chi connectivity index (χ3n) is 5.32. The van der Waals surface area contributed by atoms with Crippen LogP contribution in [0.1, 0.15) is 13.8 Å². The van der Waals surface area contributed by atoms with Gasteiger partial charge in [-0.3, -0.25) is 4.90 Å². The van der Waals surface area contributed by atoms with E-state index in [1.54, 1.807) is 4.31 Å². The van der Waals surface area contributed by atoms with Crippen molar-refractivity contribution in [3.05, 3.63) is 54.6 Å². The normalized spacial score (nSPS) is 17.3. The molecule has 1 saturated heterocycles. The lowest BCUT2D eigenvalue weighted by Gasteiger charge is -2.36. The van der Waals surface area contributed by atoms with Crippen LogP contribution >= 0.6 is 0 Å². The monoisotopic (exact) mass is 368 g/mol. The summed E-state index contributed by atoms with van der Waals surface area (Å²) in [5, 5.41) is 3.53. The lowest BCUT2D eigenvalue weighted by atomic mass is 10.0. The Bertz CT molecular complexity index is 998. The molecule has 1 aliphatic rings. The smallest absolute Gasteiger partial charge is 0.244 e. The van der Waals surface area contributed by atoms with Gasteiger partial charge in [0.2, 0.25) is 10.0 Å². The highest BCUT2D eigenvalue weighted by Crippen LogP contribution is 2.34. The van der Waals surface area contributed by atoms with Gasteiger partial charge in [-0.2, -0.15) is 4.31 Å².